The lowest BCUT2D eigenvalue weighted by Gasteiger charge is -2.25. The molecule has 1 N–H and O–H groups in total. The van der Waals surface area contributed by atoms with Crippen LogP contribution in [0.2, 0.25) is 0 Å². The van der Waals surface area contributed by atoms with Crippen molar-refractivity contribution in [2.24, 2.45) is 0 Å². The van der Waals surface area contributed by atoms with Gasteiger partial charge in [-0.3, -0.25) is 9.78 Å². The molecule has 2 aromatic rings. The van der Waals surface area contributed by atoms with Gasteiger partial charge >= 0.3 is 0 Å². The molecule has 0 fully saturated rings. The van der Waals surface area contributed by atoms with Crippen LogP contribution in [0.5, 0.6) is 0 Å². The third-order valence-corrected chi connectivity index (χ3v) is 4.75. The molecule has 128 valence electrons. The number of carbonyl (C=O) groups excluding carboxylic acids is 1. The van der Waals surface area contributed by atoms with E-state index in [0.717, 1.165) is 11.4 Å². The van der Waals surface area contributed by atoms with Crippen molar-refractivity contribution in [1.82, 2.24) is 15.2 Å². The summed E-state index contributed by atoms with van der Waals surface area (Å²) >= 11 is 1.58. The van der Waals surface area contributed by atoms with Crippen molar-refractivity contribution in [1.29, 1.82) is 0 Å². The van der Waals surface area contributed by atoms with Crippen molar-refractivity contribution < 1.29 is 4.79 Å². The molecule has 0 bridgehead atoms. The fourth-order valence-corrected chi connectivity index (χ4v) is 3.15. The van der Waals surface area contributed by atoms with Gasteiger partial charge in [-0.1, -0.05) is 35.9 Å². The third-order valence-electron chi connectivity index (χ3n) is 3.79. The first-order valence-electron chi connectivity index (χ1n) is 8.03. The molecule has 1 atom stereocenters. The Morgan fingerprint density at radius 1 is 1.21 bits per heavy atom. The smallest absolute Gasteiger partial charge is 0.230 e. The summed E-state index contributed by atoms with van der Waals surface area (Å²) in [5.74, 6) is 1.27. The zero-order chi connectivity index (χ0) is 17.4. The molecule has 5 heteroatoms. The fraction of sp³-hybridized carbons (Fsp3) is 0.368. The minimum atomic E-state index is 0.0647. The van der Waals surface area contributed by atoms with Gasteiger partial charge < -0.3 is 10.2 Å². The zero-order valence-electron chi connectivity index (χ0n) is 14.5. The normalized spacial score (nSPS) is 12.2. The number of aryl methyl sites for hydroxylation is 1. The van der Waals surface area contributed by atoms with Crippen molar-refractivity contribution >= 4 is 17.7 Å². The van der Waals surface area contributed by atoms with Crippen LogP contribution in [0.25, 0.3) is 0 Å². The first kappa shape index (κ1) is 18.5. The van der Waals surface area contributed by atoms with E-state index in [-0.39, 0.29) is 11.9 Å². The van der Waals surface area contributed by atoms with E-state index < -0.39 is 0 Å². The number of likely N-dealkylation sites (N-methyl/N-ethyl adjacent to an activating group) is 1. The van der Waals surface area contributed by atoms with Crippen molar-refractivity contribution in [3.05, 3.63) is 65.5 Å². The van der Waals surface area contributed by atoms with Crippen LogP contribution in [0, 0.1) is 6.92 Å². The maximum absolute atomic E-state index is 12.1. The van der Waals surface area contributed by atoms with Crippen molar-refractivity contribution in [2.75, 3.05) is 26.4 Å². The molecule has 0 saturated carbocycles. The second kappa shape index (κ2) is 9.45. The van der Waals surface area contributed by atoms with Crippen LogP contribution >= 0.6 is 11.8 Å². The Kier molecular flexibility index (Phi) is 7.28. The van der Waals surface area contributed by atoms with E-state index in [1.807, 2.05) is 32.3 Å². The zero-order valence-corrected chi connectivity index (χ0v) is 15.3. The number of aromatic nitrogens is 1. The van der Waals surface area contributed by atoms with E-state index in [1.165, 1.54) is 11.1 Å². The molecule has 4 nitrogen and oxygen atoms in total. The average molecular weight is 343 g/mol. The summed E-state index contributed by atoms with van der Waals surface area (Å²) < 4.78 is 0. The summed E-state index contributed by atoms with van der Waals surface area (Å²) in [4.78, 5) is 18.5. The van der Waals surface area contributed by atoms with Gasteiger partial charge in [-0.05, 0) is 38.7 Å². The molecule has 1 heterocycles. The van der Waals surface area contributed by atoms with E-state index in [9.17, 15) is 4.79 Å². The molecule has 1 aromatic heterocycles. The molecule has 2 rings (SSSR count). The SMILES string of the molecule is Cc1ccc([C@H](CNC(=O)CSCc2ccccn2)N(C)C)cc1. The summed E-state index contributed by atoms with van der Waals surface area (Å²) in [6.07, 6.45) is 1.78. The van der Waals surface area contributed by atoms with Gasteiger partial charge in [0.05, 0.1) is 17.5 Å². The van der Waals surface area contributed by atoms with Crippen molar-refractivity contribution in [3.8, 4) is 0 Å². The molecule has 1 amide bonds. The Labute approximate surface area is 148 Å². The number of pyridine rings is 1. The molecule has 0 aliphatic heterocycles. The van der Waals surface area contributed by atoms with E-state index in [1.54, 1.807) is 18.0 Å². The van der Waals surface area contributed by atoms with Gasteiger partial charge in [-0.2, -0.15) is 0 Å². The summed E-state index contributed by atoms with van der Waals surface area (Å²) in [6.45, 7) is 2.69. The Morgan fingerprint density at radius 2 is 1.96 bits per heavy atom. The number of thioether (sulfide) groups is 1. The lowest BCUT2D eigenvalue weighted by molar-refractivity contribution is -0.118. The van der Waals surface area contributed by atoms with Crippen LogP contribution in [0.4, 0.5) is 0 Å². The summed E-state index contributed by atoms with van der Waals surface area (Å²) in [6, 6.07) is 14.5. The predicted octanol–water partition coefficient (Wildman–Crippen LogP) is 3.04. The van der Waals surface area contributed by atoms with Gasteiger partial charge in [0.25, 0.3) is 0 Å². The molecule has 0 spiro atoms. The monoisotopic (exact) mass is 343 g/mol. The molecule has 24 heavy (non-hydrogen) atoms. The van der Waals surface area contributed by atoms with Gasteiger partial charge in [0.15, 0.2) is 0 Å². The number of amides is 1. The first-order chi connectivity index (χ1) is 11.6. The molecule has 1 aromatic carbocycles. The number of carbonyl (C=O) groups is 1. The van der Waals surface area contributed by atoms with Crippen molar-refractivity contribution in [3.63, 3.8) is 0 Å². The Balaban J connectivity index is 1.79. The van der Waals surface area contributed by atoms with E-state index in [4.69, 9.17) is 0 Å². The molecule has 0 aliphatic carbocycles. The van der Waals surface area contributed by atoms with E-state index in [0.29, 0.717) is 12.3 Å². The first-order valence-corrected chi connectivity index (χ1v) is 9.19. The molecule has 0 unspecified atom stereocenters. The van der Waals surface area contributed by atoms with Crippen LogP contribution in [0.1, 0.15) is 22.9 Å². The lowest BCUT2D eigenvalue weighted by atomic mass is 10.0. The van der Waals surface area contributed by atoms with Crippen LogP contribution < -0.4 is 5.32 Å². The number of hydrogen-bond acceptors (Lipinski definition) is 4. The van der Waals surface area contributed by atoms with Crippen LogP contribution in [-0.2, 0) is 10.5 Å². The molecular weight excluding hydrogens is 318 g/mol. The number of rotatable bonds is 8. The van der Waals surface area contributed by atoms with Gasteiger partial charge in [-0.25, -0.2) is 0 Å². The molecule has 0 saturated heterocycles. The highest BCUT2D eigenvalue weighted by Crippen LogP contribution is 2.18. The predicted molar refractivity (Wildman–Crippen MR) is 101 cm³/mol. The Morgan fingerprint density at radius 3 is 2.58 bits per heavy atom. The van der Waals surface area contributed by atoms with Crippen LogP contribution in [0.3, 0.4) is 0 Å². The number of benzene rings is 1. The van der Waals surface area contributed by atoms with Gasteiger partial charge in [-0.15, -0.1) is 11.8 Å². The highest BCUT2D eigenvalue weighted by atomic mass is 32.2. The molecular formula is C19H25N3OS. The highest BCUT2D eigenvalue weighted by molar-refractivity contribution is 7.99. The second-order valence-electron chi connectivity index (χ2n) is 6.01. The minimum Gasteiger partial charge on any atom is -0.353 e. The van der Waals surface area contributed by atoms with Crippen LogP contribution in [-0.4, -0.2) is 42.2 Å². The summed E-state index contributed by atoms with van der Waals surface area (Å²) in [5, 5.41) is 3.04. The maximum atomic E-state index is 12.1. The van der Waals surface area contributed by atoms with Crippen molar-refractivity contribution in [2.45, 2.75) is 18.7 Å². The quantitative estimate of drug-likeness (QED) is 0.800. The minimum absolute atomic E-state index is 0.0647. The number of nitrogens with zero attached hydrogens (tertiary/aromatic N) is 2. The maximum Gasteiger partial charge on any atom is 0.230 e. The van der Waals surface area contributed by atoms with E-state index in [2.05, 4.69) is 46.4 Å². The Bertz CT molecular complexity index is 629. The average Bonchev–Trinajstić information content (AvgIpc) is 2.57. The van der Waals surface area contributed by atoms with Gasteiger partial charge in [0, 0.05) is 18.5 Å². The third kappa shape index (κ3) is 5.98. The van der Waals surface area contributed by atoms with Gasteiger partial charge in [0.1, 0.15) is 0 Å². The number of nitrogens with one attached hydrogen (secondary N) is 1. The van der Waals surface area contributed by atoms with E-state index >= 15 is 0 Å². The molecule has 0 aliphatic rings. The molecule has 0 radical (unpaired) electrons. The topological polar surface area (TPSA) is 45.2 Å². The fourth-order valence-electron chi connectivity index (χ4n) is 2.38. The number of hydrogen-bond donors (Lipinski definition) is 1. The second-order valence-corrected chi connectivity index (χ2v) is 6.99. The highest BCUT2D eigenvalue weighted by Gasteiger charge is 2.15. The standard InChI is InChI=1S/C19H25N3OS/c1-15-7-9-16(10-8-15)18(22(2)3)12-21-19(23)14-24-13-17-6-4-5-11-20-17/h4-11,18H,12-14H2,1-3H3,(H,21,23)/t18-/m0/s1. The summed E-state index contributed by atoms with van der Waals surface area (Å²) in [7, 11) is 4.07. The summed E-state index contributed by atoms with van der Waals surface area (Å²) in [5.41, 5.74) is 3.46. The van der Waals surface area contributed by atoms with Crippen LogP contribution in [0.15, 0.2) is 48.7 Å². The van der Waals surface area contributed by atoms with Gasteiger partial charge in [0.2, 0.25) is 5.91 Å². The largest absolute Gasteiger partial charge is 0.353 e. The lowest BCUT2D eigenvalue weighted by Crippen LogP contribution is -2.35. The Hall–Kier alpha value is -1.85.